The van der Waals surface area contributed by atoms with Crippen LogP contribution in [0.4, 0.5) is 5.69 Å². The third-order valence-electron chi connectivity index (χ3n) is 2.94. The van der Waals surface area contributed by atoms with E-state index in [0.29, 0.717) is 28.0 Å². The average Bonchev–Trinajstić information content (AvgIpc) is 2.38. The minimum Gasteiger partial charge on any atom is -0.508 e. The lowest BCUT2D eigenvalue weighted by atomic mass is 10.1. The van der Waals surface area contributed by atoms with Crippen molar-refractivity contribution in [1.82, 2.24) is 0 Å². The summed E-state index contributed by atoms with van der Waals surface area (Å²) in [5, 5.41) is 9.87. The number of para-hydroxylation sites is 1. The van der Waals surface area contributed by atoms with Crippen molar-refractivity contribution in [2.45, 2.75) is 0 Å². The number of rotatable bonds is 1. The number of hydrogen-bond donors (Lipinski definition) is 2. The Kier molecular flexibility index (Phi) is 2.49. The molecule has 0 aliphatic rings. The summed E-state index contributed by atoms with van der Waals surface area (Å²) in [6, 6.07) is 13.0. The van der Waals surface area contributed by atoms with Crippen molar-refractivity contribution >= 4 is 16.7 Å². The zero-order valence-corrected chi connectivity index (χ0v) is 9.96. The maximum Gasteiger partial charge on any atom is 0.193 e. The highest BCUT2D eigenvalue weighted by molar-refractivity contribution is 5.81. The van der Waals surface area contributed by atoms with Crippen LogP contribution in [0, 0.1) is 0 Å². The first kappa shape index (κ1) is 11.3. The van der Waals surface area contributed by atoms with E-state index in [-0.39, 0.29) is 11.2 Å². The quantitative estimate of drug-likeness (QED) is 0.654. The van der Waals surface area contributed by atoms with Gasteiger partial charge >= 0.3 is 0 Å². The fourth-order valence-corrected chi connectivity index (χ4v) is 2.01. The Morgan fingerprint density at radius 1 is 1.05 bits per heavy atom. The van der Waals surface area contributed by atoms with Crippen molar-refractivity contribution in [1.29, 1.82) is 0 Å². The smallest absolute Gasteiger partial charge is 0.193 e. The first-order valence-corrected chi connectivity index (χ1v) is 5.77. The molecule has 0 aliphatic heterocycles. The Bertz CT molecular complexity index is 821. The first-order chi connectivity index (χ1) is 9.15. The lowest BCUT2D eigenvalue weighted by Crippen LogP contribution is -2.00. The molecule has 0 fully saturated rings. The predicted octanol–water partition coefficient (Wildman–Crippen LogP) is 2.75. The maximum absolute atomic E-state index is 12.0. The van der Waals surface area contributed by atoms with Gasteiger partial charge in [0.15, 0.2) is 5.43 Å². The van der Waals surface area contributed by atoms with Crippen LogP contribution in [0.2, 0.25) is 0 Å². The number of phenols is 1. The van der Waals surface area contributed by atoms with E-state index in [4.69, 9.17) is 10.2 Å². The van der Waals surface area contributed by atoms with E-state index < -0.39 is 0 Å². The van der Waals surface area contributed by atoms with E-state index in [1.165, 1.54) is 18.2 Å². The number of aromatic hydroxyl groups is 1. The summed E-state index contributed by atoms with van der Waals surface area (Å²) in [5.74, 6) is 0.464. The van der Waals surface area contributed by atoms with Gasteiger partial charge in [-0.3, -0.25) is 4.79 Å². The van der Waals surface area contributed by atoms with Gasteiger partial charge in [-0.25, -0.2) is 0 Å². The summed E-state index contributed by atoms with van der Waals surface area (Å²) >= 11 is 0. The van der Waals surface area contributed by atoms with Crippen molar-refractivity contribution in [3.05, 3.63) is 58.8 Å². The molecule has 0 saturated carbocycles. The Labute approximate surface area is 108 Å². The van der Waals surface area contributed by atoms with Crippen LogP contribution in [0.1, 0.15) is 0 Å². The second-order valence-corrected chi connectivity index (χ2v) is 4.24. The van der Waals surface area contributed by atoms with Gasteiger partial charge in [0.2, 0.25) is 0 Å². The van der Waals surface area contributed by atoms with Gasteiger partial charge < -0.3 is 15.3 Å². The Hall–Kier alpha value is -2.75. The molecule has 0 saturated heterocycles. The van der Waals surface area contributed by atoms with E-state index >= 15 is 0 Å². The molecule has 3 N–H and O–H groups in total. The average molecular weight is 253 g/mol. The molecule has 2 aromatic carbocycles. The molecule has 94 valence electrons. The molecule has 0 unspecified atom stereocenters. The van der Waals surface area contributed by atoms with Gasteiger partial charge in [0.1, 0.15) is 17.1 Å². The first-order valence-electron chi connectivity index (χ1n) is 5.77. The van der Waals surface area contributed by atoms with Crippen LogP contribution in [-0.2, 0) is 0 Å². The summed E-state index contributed by atoms with van der Waals surface area (Å²) in [4.78, 5) is 12.0. The van der Waals surface area contributed by atoms with Crippen LogP contribution >= 0.6 is 0 Å². The van der Waals surface area contributed by atoms with Crippen molar-refractivity contribution in [2.24, 2.45) is 0 Å². The molecule has 0 amide bonds. The van der Waals surface area contributed by atoms with E-state index in [0.717, 1.165) is 0 Å². The summed E-state index contributed by atoms with van der Waals surface area (Å²) < 4.78 is 5.69. The van der Waals surface area contributed by atoms with Gasteiger partial charge in [-0.15, -0.1) is 0 Å². The number of nitrogens with two attached hydrogens (primary N) is 1. The zero-order chi connectivity index (χ0) is 13.4. The van der Waals surface area contributed by atoms with Crippen LogP contribution < -0.4 is 11.2 Å². The molecule has 4 nitrogen and oxygen atoms in total. The van der Waals surface area contributed by atoms with E-state index in [9.17, 15) is 9.90 Å². The van der Waals surface area contributed by atoms with Crippen LogP contribution in [0.3, 0.4) is 0 Å². The highest BCUT2D eigenvalue weighted by atomic mass is 16.3. The lowest BCUT2D eigenvalue weighted by Gasteiger charge is -2.06. The van der Waals surface area contributed by atoms with Gasteiger partial charge in [-0.05, 0) is 24.3 Å². The van der Waals surface area contributed by atoms with Gasteiger partial charge in [0.25, 0.3) is 0 Å². The van der Waals surface area contributed by atoms with Crippen LogP contribution in [-0.4, -0.2) is 5.11 Å². The zero-order valence-electron chi connectivity index (χ0n) is 9.96. The number of nitrogen functional groups attached to an aromatic ring is 1. The highest BCUT2D eigenvalue weighted by Crippen LogP contribution is 2.29. The number of benzene rings is 2. The molecule has 0 bridgehead atoms. The second-order valence-electron chi connectivity index (χ2n) is 4.24. The monoisotopic (exact) mass is 253 g/mol. The van der Waals surface area contributed by atoms with Gasteiger partial charge in [-0.1, -0.05) is 12.1 Å². The second kappa shape index (κ2) is 4.17. The molecule has 3 rings (SSSR count). The largest absolute Gasteiger partial charge is 0.508 e. The number of hydrogen-bond acceptors (Lipinski definition) is 4. The third-order valence-corrected chi connectivity index (χ3v) is 2.94. The Balaban J connectivity index is 2.28. The molecule has 0 aliphatic carbocycles. The molecular weight excluding hydrogens is 242 g/mol. The number of phenolic OH excluding ortho intramolecular Hbond substituents is 1. The minimum atomic E-state index is -0.121. The molecule has 1 heterocycles. The fourth-order valence-electron chi connectivity index (χ4n) is 2.01. The van der Waals surface area contributed by atoms with Gasteiger partial charge in [-0.2, -0.15) is 0 Å². The SMILES string of the molecule is Nc1cc(O)ccc1-c1cc(=O)c2ccccc2o1. The Morgan fingerprint density at radius 3 is 2.63 bits per heavy atom. The van der Waals surface area contributed by atoms with Crippen LogP contribution in [0.15, 0.2) is 57.7 Å². The lowest BCUT2D eigenvalue weighted by molar-refractivity contribution is 0.475. The van der Waals surface area contributed by atoms with Gasteiger partial charge in [0.05, 0.1) is 5.39 Å². The van der Waals surface area contributed by atoms with Crippen molar-refractivity contribution < 1.29 is 9.52 Å². The van der Waals surface area contributed by atoms with Crippen molar-refractivity contribution in [3.63, 3.8) is 0 Å². The minimum absolute atomic E-state index is 0.0735. The molecule has 1 aromatic heterocycles. The molecular formula is C15H11NO3. The normalized spacial score (nSPS) is 10.7. The standard InChI is InChI=1S/C15H11NO3/c16-12-7-9(17)5-6-10(12)15-8-13(18)11-3-1-2-4-14(11)19-15/h1-8,17H,16H2. The predicted molar refractivity (Wildman–Crippen MR) is 74.0 cm³/mol. The highest BCUT2D eigenvalue weighted by Gasteiger charge is 2.09. The van der Waals surface area contributed by atoms with E-state index in [1.54, 1.807) is 30.3 Å². The van der Waals surface area contributed by atoms with Crippen LogP contribution in [0.5, 0.6) is 5.75 Å². The Morgan fingerprint density at radius 2 is 1.84 bits per heavy atom. The maximum atomic E-state index is 12.0. The van der Waals surface area contributed by atoms with Crippen LogP contribution in [0.25, 0.3) is 22.3 Å². The summed E-state index contributed by atoms with van der Waals surface area (Å²) in [6.07, 6.45) is 0. The van der Waals surface area contributed by atoms with E-state index in [1.807, 2.05) is 0 Å². The molecule has 0 spiro atoms. The number of anilines is 1. The molecule has 0 radical (unpaired) electrons. The summed E-state index contributed by atoms with van der Waals surface area (Å²) in [7, 11) is 0. The topological polar surface area (TPSA) is 76.5 Å². The van der Waals surface area contributed by atoms with Gasteiger partial charge in [0, 0.05) is 23.4 Å². The van der Waals surface area contributed by atoms with E-state index in [2.05, 4.69) is 0 Å². The van der Waals surface area contributed by atoms with Crippen molar-refractivity contribution in [3.8, 4) is 17.1 Å². The summed E-state index contributed by atoms with van der Waals surface area (Å²) in [6.45, 7) is 0. The summed E-state index contributed by atoms with van der Waals surface area (Å²) in [5.41, 5.74) is 7.16. The number of fused-ring (bicyclic) bond motifs is 1. The third kappa shape index (κ3) is 1.93. The molecule has 4 heteroatoms. The van der Waals surface area contributed by atoms with Crippen molar-refractivity contribution in [2.75, 3.05) is 5.73 Å². The molecule has 3 aromatic rings. The molecule has 19 heavy (non-hydrogen) atoms. The molecule has 0 atom stereocenters. The fraction of sp³-hybridized carbons (Fsp3) is 0.